The lowest BCUT2D eigenvalue weighted by molar-refractivity contribution is 0.297. The highest BCUT2D eigenvalue weighted by Gasteiger charge is 2.41. The maximum Gasteiger partial charge on any atom is 0.148 e. The van der Waals surface area contributed by atoms with Gasteiger partial charge in [-0.2, -0.15) is 5.10 Å². The van der Waals surface area contributed by atoms with Crippen LogP contribution in [0.1, 0.15) is 29.7 Å². The normalized spacial score (nSPS) is 23.6. The van der Waals surface area contributed by atoms with Gasteiger partial charge in [0, 0.05) is 38.9 Å². The maximum atomic E-state index is 4.57. The number of rotatable bonds is 5. The van der Waals surface area contributed by atoms with Crippen LogP contribution in [0.2, 0.25) is 0 Å². The van der Waals surface area contributed by atoms with E-state index in [-0.39, 0.29) is 0 Å². The van der Waals surface area contributed by atoms with E-state index in [1.807, 2.05) is 49.2 Å². The molecule has 0 amide bonds. The van der Waals surface area contributed by atoms with E-state index in [0.717, 1.165) is 41.1 Å². The molecule has 1 saturated carbocycles. The van der Waals surface area contributed by atoms with Gasteiger partial charge in [-0.25, -0.2) is 0 Å². The molecule has 1 N–H and O–H groups in total. The molecule has 2 aliphatic rings. The number of likely N-dealkylation sites (tertiary alicyclic amines) is 1. The molecule has 2 fully saturated rings. The summed E-state index contributed by atoms with van der Waals surface area (Å²) in [5, 5.41) is 16.8. The molecule has 3 aromatic heterocycles. The molecule has 1 aliphatic carbocycles. The Morgan fingerprint density at radius 3 is 2.47 bits per heavy atom. The van der Waals surface area contributed by atoms with E-state index in [9.17, 15) is 0 Å². The smallest absolute Gasteiger partial charge is 0.148 e. The van der Waals surface area contributed by atoms with Crippen LogP contribution >= 0.6 is 0 Å². The Morgan fingerprint density at radius 1 is 1.03 bits per heavy atom. The lowest BCUT2D eigenvalue weighted by Gasteiger charge is -2.20. The van der Waals surface area contributed by atoms with E-state index in [1.54, 1.807) is 0 Å². The SMILES string of the molecule is Cc1cccnc1CN1C[C@H]2C[C@@H](Nc3ccc(-c4c(C)cnn4C)nn3)C[C@H]2C1. The number of hydrogen-bond donors (Lipinski definition) is 1. The van der Waals surface area contributed by atoms with Crippen molar-refractivity contribution in [3.8, 4) is 11.4 Å². The Hall–Kier alpha value is -2.80. The number of pyridine rings is 1. The van der Waals surface area contributed by atoms with Crippen LogP contribution in [0.25, 0.3) is 11.4 Å². The fourth-order valence-corrected chi connectivity index (χ4v) is 5.20. The molecule has 0 radical (unpaired) electrons. The first-order chi connectivity index (χ1) is 14.6. The summed E-state index contributed by atoms with van der Waals surface area (Å²) in [5.41, 5.74) is 5.50. The molecule has 4 heterocycles. The third kappa shape index (κ3) is 3.69. The largest absolute Gasteiger partial charge is 0.366 e. The molecule has 0 aromatic carbocycles. The Morgan fingerprint density at radius 2 is 1.83 bits per heavy atom. The zero-order valence-corrected chi connectivity index (χ0v) is 17.9. The summed E-state index contributed by atoms with van der Waals surface area (Å²) in [6, 6.07) is 8.73. The minimum Gasteiger partial charge on any atom is -0.366 e. The zero-order valence-electron chi connectivity index (χ0n) is 17.9. The maximum absolute atomic E-state index is 4.57. The fraction of sp³-hybridized carbons (Fsp3) is 0.478. The van der Waals surface area contributed by atoms with Gasteiger partial charge >= 0.3 is 0 Å². The van der Waals surface area contributed by atoms with Crippen molar-refractivity contribution in [1.82, 2.24) is 29.9 Å². The minimum atomic E-state index is 0.484. The van der Waals surface area contributed by atoms with Crippen molar-refractivity contribution in [2.75, 3.05) is 18.4 Å². The van der Waals surface area contributed by atoms with Crippen LogP contribution in [-0.2, 0) is 13.6 Å². The molecule has 3 aromatic rings. The molecule has 1 aliphatic heterocycles. The Balaban J connectivity index is 1.17. The van der Waals surface area contributed by atoms with Gasteiger partial charge in [0.25, 0.3) is 0 Å². The number of aromatic nitrogens is 5. The standard InChI is InChI=1S/C23H29N7/c1-15-5-4-8-24-21(15)14-30-12-17-9-19(10-18(17)13-30)26-22-7-6-20(27-28-22)23-16(2)11-25-29(23)3/h4-8,11,17-19H,9-10,12-14H2,1-3H3,(H,26,28)/t17-,18+,19-. The van der Waals surface area contributed by atoms with Gasteiger partial charge in [-0.3, -0.25) is 14.6 Å². The molecule has 0 spiro atoms. The first kappa shape index (κ1) is 19.2. The van der Waals surface area contributed by atoms with Crippen molar-refractivity contribution in [1.29, 1.82) is 0 Å². The van der Waals surface area contributed by atoms with Crippen LogP contribution in [0.15, 0.2) is 36.7 Å². The molecule has 156 valence electrons. The number of anilines is 1. The van der Waals surface area contributed by atoms with Gasteiger partial charge in [0.15, 0.2) is 0 Å². The summed E-state index contributed by atoms with van der Waals surface area (Å²) in [6.07, 6.45) is 6.17. The molecule has 30 heavy (non-hydrogen) atoms. The van der Waals surface area contributed by atoms with Crippen molar-refractivity contribution in [2.45, 2.75) is 39.3 Å². The van der Waals surface area contributed by atoms with Gasteiger partial charge < -0.3 is 5.32 Å². The van der Waals surface area contributed by atoms with Crippen LogP contribution in [0.3, 0.4) is 0 Å². The van der Waals surface area contributed by atoms with E-state index >= 15 is 0 Å². The number of nitrogens with zero attached hydrogens (tertiary/aromatic N) is 6. The number of fused-ring (bicyclic) bond motifs is 1. The summed E-state index contributed by atoms with van der Waals surface area (Å²) >= 11 is 0. The van der Waals surface area contributed by atoms with Crippen LogP contribution in [-0.4, -0.2) is 49.0 Å². The predicted octanol–water partition coefficient (Wildman–Crippen LogP) is 3.21. The van der Waals surface area contributed by atoms with Crippen LogP contribution in [0, 0.1) is 25.7 Å². The van der Waals surface area contributed by atoms with E-state index in [4.69, 9.17) is 0 Å². The zero-order chi connectivity index (χ0) is 20.7. The topological polar surface area (TPSA) is 71.8 Å². The highest BCUT2D eigenvalue weighted by atomic mass is 15.3. The highest BCUT2D eigenvalue weighted by Crippen LogP contribution is 2.39. The Labute approximate surface area is 177 Å². The number of aryl methyl sites for hydroxylation is 3. The molecule has 5 rings (SSSR count). The number of nitrogens with one attached hydrogen (secondary N) is 1. The summed E-state index contributed by atoms with van der Waals surface area (Å²) in [5.74, 6) is 2.39. The second-order valence-corrected chi connectivity index (χ2v) is 8.90. The summed E-state index contributed by atoms with van der Waals surface area (Å²) in [7, 11) is 1.94. The van der Waals surface area contributed by atoms with E-state index < -0.39 is 0 Å². The monoisotopic (exact) mass is 403 g/mol. The molecule has 7 nitrogen and oxygen atoms in total. The first-order valence-corrected chi connectivity index (χ1v) is 10.8. The quantitative estimate of drug-likeness (QED) is 0.705. The van der Waals surface area contributed by atoms with Crippen LogP contribution < -0.4 is 5.32 Å². The Kier molecular flexibility index (Phi) is 4.98. The highest BCUT2D eigenvalue weighted by molar-refractivity contribution is 5.59. The molecule has 0 unspecified atom stereocenters. The van der Waals surface area contributed by atoms with Gasteiger partial charge in [-0.1, -0.05) is 6.07 Å². The fourth-order valence-electron chi connectivity index (χ4n) is 5.20. The van der Waals surface area contributed by atoms with Gasteiger partial charge in [-0.05, 0) is 67.9 Å². The van der Waals surface area contributed by atoms with Gasteiger partial charge in [-0.15, -0.1) is 10.2 Å². The van der Waals surface area contributed by atoms with Gasteiger partial charge in [0.2, 0.25) is 0 Å². The lowest BCUT2D eigenvalue weighted by atomic mass is 10.0. The Bertz CT molecular complexity index is 993. The lowest BCUT2D eigenvalue weighted by Crippen LogP contribution is -2.25. The van der Waals surface area contributed by atoms with Crippen molar-refractivity contribution >= 4 is 5.82 Å². The second kappa shape index (κ2) is 7.80. The van der Waals surface area contributed by atoms with Crippen LogP contribution in [0.4, 0.5) is 5.82 Å². The average Bonchev–Trinajstić information content (AvgIpc) is 3.37. The third-order valence-electron chi connectivity index (χ3n) is 6.70. The van der Waals surface area contributed by atoms with Gasteiger partial charge in [0.05, 0.1) is 17.6 Å². The van der Waals surface area contributed by atoms with Crippen molar-refractivity contribution < 1.29 is 0 Å². The van der Waals surface area contributed by atoms with E-state index in [1.165, 1.54) is 37.2 Å². The summed E-state index contributed by atoms with van der Waals surface area (Å²) < 4.78 is 1.85. The van der Waals surface area contributed by atoms with Crippen LogP contribution in [0.5, 0.6) is 0 Å². The van der Waals surface area contributed by atoms with E-state index in [0.29, 0.717) is 6.04 Å². The third-order valence-corrected chi connectivity index (χ3v) is 6.70. The molecule has 1 saturated heterocycles. The predicted molar refractivity (Wildman–Crippen MR) is 117 cm³/mol. The van der Waals surface area contributed by atoms with Gasteiger partial charge in [0.1, 0.15) is 11.5 Å². The average molecular weight is 404 g/mol. The minimum absolute atomic E-state index is 0.484. The summed E-state index contributed by atoms with van der Waals surface area (Å²) in [6.45, 7) is 7.51. The molecule has 7 heteroatoms. The summed E-state index contributed by atoms with van der Waals surface area (Å²) in [4.78, 5) is 7.14. The number of hydrogen-bond acceptors (Lipinski definition) is 6. The first-order valence-electron chi connectivity index (χ1n) is 10.8. The van der Waals surface area contributed by atoms with Crippen molar-refractivity contribution in [2.24, 2.45) is 18.9 Å². The van der Waals surface area contributed by atoms with Crippen molar-refractivity contribution in [3.05, 3.63) is 53.5 Å². The second-order valence-electron chi connectivity index (χ2n) is 8.90. The molecular weight excluding hydrogens is 374 g/mol. The molecule has 3 atom stereocenters. The van der Waals surface area contributed by atoms with Crippen molar-refractivity contribution in [3.63, 3.8) is 0 Å². The van der Waals surface area contributed by atoms with E-state index in [2.05, 4.69) is 43.5 Å². The molecule has 0 bridgehead atoms. The molecular formula is C23H29N7.